The molecule has 1 rings (SSSR count). The first-order valence-corrected chi connectivity index (χ1v) is 5.87. The first-order valence-electron chi connectivity index (χ1n) is 5.87. The second-order valence-corrected chi connectivity index (χ2v) is 4.24. The van der Waals surface area contributed by atoms with Crippen LogP contribution in [0.5, 0.6) is 0 Å². The van der Waals surface area contributed by atoms with Gasteiger partial charge in [0.1, 0.15) is 0 Å². The predicted molar refractivity (Wildman–Crippen MR) is 68.8 cm³/mol. The first-order chi connectivity index (χ1) is 8.04. The standard InChI is InChI=1S/C13H20N2O2/c1-3-4-10(16)8-15-13(17)11-7-9(2)5-6-12(11)14/h5-7,10,16H,3-4,8,14H2,1-2H3,(H,15,17). The monoisotopic (exact) mass is 236 g/mol. The van der Waals surface area contributed by atoms with Crippen molar-refractivity contribution in [2.24, 2.45) is 0 Å². The number of carbonyl (C=O) groups is 1. The number of rotatable bonds is 5. The molecule has 17 heavy (non-hydrogen) atoms. The zero-order chi connectivity index (χ0) is 12.8. The molecule has 4 heteroatoms. The molecule has 0 aliphatic rings. The lowest BCUT2D eigenvalue weighted by atomic mass is 10.1. The van der Waals surface area contributed by atoms with Gasteiger partial charge in [0.15, 0.2) is 0 Å². The van der Waals surface area contributed by atoms with E-state index in [2.05, 4.69) is 5.32 Å². The van der Waals surface area contributed by atoms with E-state index in [1.165, 1.54) is 0 Å². The Labute approximate surface area is 102 Å². The lowest BCUT2D eigenvalue weighted by Crippen LogP contribution is -2.32. The van der Waals surface area contributed by atoms with Crippen molar-refractivity contribution in [3.8, 4) is 0 Å². The molecule has 0 heterocycles. The van der Waals surface area contributed by atoms with Crippen molar-refractivity contribution >= 4 is 11.6 Å². The van der Waals surface area contributed by atoms with E-state index in [-0.39, 0.29) is 12.5 Å². The minimum absolute atomic E-state index is 0.235. The average Bonchev–Trinajstić information content (AvgIpc) is 2.29. The Balaban J connectivity index is 2.61. The quantitative estimate of drug-likeness (QED) is 0.678. The van der Waals surface area contributed by atoms with Gasteiger partial charge < -0.3 is 16.2 Å². The normalized spacial score (nSPS) is 12.2. The van der Waals surface area contributed by atoms with E-state index in [1.807, 2.05) is 19.9 Å². The van der Waals surface area contributed by atoms with Gasteiger partial charge >= 0.3 is 0 Å². The summed E-state index contributed by atoms with van der Waals surface area (Å²) < 4.78 is 0. The molecule has 1 atom stereocenters. The van der Waals surface area contributed by atoms with Gasteiger partial charge in [-0.2, -0.15) is 0 Å². The number of carbonyl (C=O) groups excluding carboxylic acids is 1. The van der Waals surface area contributed by atoms with Crippen LogP contribution in [0.25, 0.3) is 0 Å². The highest BCUT2D eigenvalue weighted by Gasteiger charge is 2.11. The van der Waals surface area contributed by atoms with Crippen LogP contribution < -0.4 is 11.1 Å². The zero-order valence-electron chi connectivity index (χ0n) is 10.4. The number of hydrogen-bond acceptors (Lipinski definition) is 3. The van der Waals surface area contributed by atoms with Crippen LogP contribution in [0.15, 0.2) is 18.2 Å². The van der Waals surface area contributed by atoms with Crippen LogP contribution in [0.1, 0.15) is 35.7 Å². The van der Waals surface area contributed by atoms with Crippen molar-refractivity contribution in [2.75, 3.05) is 12.3 Å². The third kappa shape index (κ3) is 4.07. The summed E-state index contributed by atoms with van der Waals surface area (Å²) in [6.45, 7) is 4.16. The lowest BCUT2D eigenvalue weighted by molar-refractivity contribution is 0.0911. The molecular weight excluding hydrogens is 216 g/mol. The number of hydrogen-bond donors (Lipinski definition) is 3. The van der Waals surface area contributed by atoms with Crippen LogP contribution in [0, 0.1) is 6.92 Å². The van der Waals surface area contributed by atoms with Gasteiger partial charge in [0, 0.05) is 12.2 Å². The highest BCUT2D eigenvalue weighted by Crippen LogP contribution is 2.13. The lowest BCUT2D eigenvalue weighted by Gasteiger charge is -2.12. The molecule has 1 unspecified atom stereocenters. The summed E-state index contributed by atoms with van der Waals surface area (Å²) in [6, 6.07) is 5.32. The second-order valence-electron chi connectivity index (χ2n) is 4.24. The number of aryl methyl sites for hydroxylation is 1. The Morgan fingerprint density at radius 1 is 1.53 bits per heavy atom. The third-order valence-electron chi connectivity index (χ3n) is 2.57. The maximum absolute atomic E-state index is 11.8. The van der Waals surface area contributed by atoms with E-state index in [4.69, 9.17) is 5.73 Å². The van der Waals surface area contributed by atoms with Crippen LogP contribution >= 0.6 is 0 Å². The molecule has 0 radical (unpaired) electrons. The molecule has 0 aliphatic carbocycles. The minimum Gasteiger partial charge on any atom is -0.398 e. The molecule has 0 saturated carbocycles. The summed E-state index contributed by atoms with van der Waals surface area (Å²) >= 11 is 0. The van der Waals surface area contributed by atoms with E-state index >= 15 is 0 Å². The smallest absolute Gasteiger partial charge is 0.253 e. The van der Waals surface area contributed by atoms with Crippen LogP contribution in [-0.2, 0) is 0 Å². The highest BCUT2D eigenvalue weighted by atomic mass is 16.3. The Hall–Kier alpha value is -1.55. The van der Waals surface area contributed by atoms with Gasteiger partial charge in [-0.15, -0.1) is 0 Å². The molecule has 0 spiro atoms. The van der Waals surface area contributed by atoms with Gasteiger partial charge in [-0.25, -0.2) is 0 Å². The Morgan fingerprint density at radius 2 is 2.24 bits per heavy atom. The van der Waals surface area contributed by atoms with Crippen molar-refractivity contribution in [3.63, 3.8) is 0 Å². The Bertz CT molecular complexity index is 391. The van der Waals surface area contributed by atoms with Crippen molar-refractivity contribution in [1.82, 2.24) is 5.32 Å². The number of nitrogens with one attached hydrogen (secondary N) is 1. The van der Waals surface area contributed by atoms with Gasteiger partial charge in [0.25, 0.3) is 5.91 Å². The van der Waals surface area contributed by atoms with Crippen LogP contribution in [-0.4, -0.2) is 23.7 Å². The van der Waals surface area contributed by atoms with Crippen LogP contribution in [0.2, 0.25) is 0 Å². The second kappa shape index (κ2) is 6.25. The first kappa shape index (κ1) is 13.5. The molecule has 4 nitrogen and oxygen atoms in total. The van der Waals surface area contributed by atoms with Gasteiger partial charge in [-0.05, 0) is 25.5 Å². The SMILES string of the molecule is CCCC(O)CNC(=O)c1cc(C)ccc1N. The number of nitrogens with two attached hydrogens (primary N) is 1. The topological polar surface area (TPSA) is 75.3 Å². The third-order valence-corrected chi connectivity index (χ3v) is 2.57. The molecule has 0 fully saturated rings. The van der Waals surface area contributed by atoms with E-state index < -0.39 is 6.10 Å². The van der Waals surface area contributed by atoms with E-state index in [0.29, 0.717) is 17.7 Å². The molecule has 0 aliphatic heterocycles. The number of aliphatic hydroxyl groups excluding tert-OH is 1. The number of anilines is 1. The molecule has 4 N–H and O–H groups in total. The number of nitrogen functional groups attached to an aromatic ring is 1. The van der Waals surface area contributed by atoms with E-state index in [1.54, 1.807) is 12.1 Å². The van der Waals surface area contributed by atoms with Gasteiger partial charge in [0.05, 0.1) is 11.7 Å². The highest BCUT2D eigenvalue weighted by molar-refractivity contribution is 5.99. The summed E-state index contributed by atoms with van der Waals surface area (Å²) in [7, 11) is 0. The van der Waals surface area contributed by atoms with Gasteiger partial charge in [-0.3, -0.25) is 4.79 Å². The summed E-state index contributed by atoms with van der Waals surface area (Å²) in [5, 5.41) is 12.2. The summed E-state index contributed by atoms with van der Waals surface area (Å²) in [5.41, 5.74) is 7.64. The fraction of sp³-hybridized carbons (Fsp3) is 0.462. The van der Waals surface area contributed by atoms with Crippen molar-refractivity contribution in [1.29, 1.82) is 0 Å². The largest absolute Gasteiger partial charge is 0.398 e. The number of aliphatic hydroxyl groups is 1. The fourth-order valence-electron chi connectivity index (χ4n) is 1.61. The number of benzene rings is 1. The molecule has 0 aromatic heterocycles. The maximum atomic E-state index is 11.8. The van der Waals surface area contributed by atoms with E-state index in [9.17, 15) is 9.90 Å². The van der Waals surface area contributed by atoms with E-state index in [0.717, 1.165) is 12.0 Å². The average molecular weight is 236 g/mol. The molecule has 94 valence electrons. The maximum Gasteiger partial charge on any atom is 0.253 e. The fourth-order valence-corrected chi connectivity index (χ4v) is 1.61. The minimum atomic E-state index is -0.491. The molecule has 0 bridgehead atoms. The summed E-state index contributed by atoms with van der Waals surface area (Å²) in [5.74, 6) is -0.235. The van der Waals surface area contributed by atoms with Crippen molar-refractivity contribution in [2.45, 2.75) is 32.8 Å². The van der Waals surface area contributed by atoms with Crippen LogP contribution in [0.4, 0.5) is 5.69 Å². The predicted octanol–water partition coefficient (Wildman–Crippen LogP) is 1.47. The molecule has 0 saturated heterocycles. The number of amides is 1. The van der Waals surface area contributed by atoms with Crippen molar-refractivity contribution < 1.29 is 9.90 Å². The molecule has 1 amide bonds. The van der Waals surface area contributed by atoms with Crippen LogP contribution in [0.3, 0.4) is 0 Å². The molecule has 1 aromatic carbocycles. The zero-order valence-corrected chi connectivity index (χ0v) is 10.4. The Morgan fingerprint density at radius 3 is 2.88 bits per heavy atom. The van der Waals surface area contributed by atoms with Crippen molar-refractivity contribution in [3.05, 3.63) is 29.3 Å². The Kier molecular flexibility index (Phi) is 4.97. The summed E-state index contributed by atoms with van der Waals surface area (Å²) in [6.07, 6.45) is 1.09. The van der Waals surface area contributed by atoms with Gasteiger partial charge in [-0.1, -0.05) is 25.0 Å². The molecular formula is C13H20N2O2. The molecule has 1 aromatic rings. The van der Waals surface area contributed by atoms with Gasteiger partial charge in [0.2, 0.25) is 0 Å². The summed E-state index contributed by atoms with van der Waals surface area (Å²) in [4.78, 5) is 11.8.